The van der Waals surface area contributed by atoms with Gasteiger partial charge in [-0.15, -0.1) is 0 Å². The summed E-state index contributed by atoms with van der Waals surface area (Å²) in [4.78, 5) is 0. The Balaban J connectivity index is 2.32. The normalized spacial score (nSPS) is 23.3. The zero-order chi connectivity index (χ0) is 14.0. The maximum absolute atomic E-state index is 5.28. The lowest BCUT2D eigenvalue weighted by Gasteiger charge is -2.35. The second-order valence-electron chi connectivity index (χ2n) is 6.14. The predicted octanol–water partition coefficient (Wildman–Crippen LogP) is 4.54. The number of hydrogen-bond acceptors (Lipinski definition) is 2. The van der Waals surface area contributed by atoms with Crippen LogP contribution < -0.4 is 10.1 Å². The van der Waals surface area contributed by atoms with Crippen LogP contribution >= 0.6 is 15.9 Å². The van der Waals surface area contributed by atoms with Crippen molar-refractivity contribution in [1.82, 2.24) is 5.32 Å². The lowest BCUT2D eigenvalue weighted by atomic mass is 9.75. The van der Waals surface area contributed by atoms with Crippen molar-refractivity contribution in [3.63, 3.8) is 0 Å². The van der Waals surface area contributed by atoms with Crippen LogP contribution in [0.5, 0.6) is 5.75 Å². The lowest BCUT2D eigenvalue weighted by molar-refractivity contribution is 0.203. The number of nitrogens with one attached hydrogen (secondary N) is 1. The van der Waals surface area contributed by atoms with Gasteiger partial charge in [0.15, 0.2) is 0 Å². The highest BCUT2D eigenvalue weighted by Crippen LogP contribution is 2.49. The molecule has 0 spiro atoms. The molecule has 19 heavy (non-hydrogen) atoms. The molecular formula is C16H24BrNO. The van der Waals surface area contributed by atoms with Gasteiger partial charge in [-0.05, 0) is 48.9 Å². The highest BCUT2D eigenvalue weighted by Gasteiger charge is 2.40. The third kappa shape index (κ3) is 2.97. The SMILES string of the molecule is CNC(c1ccc(OC)cc1Br)C1CCCC1(C)C. The Morgan fingerprint density at radius 3 is 2.63 bits per heavy atom. The van der Waals surface area contributed by atoms with E-state index in [1.807, 2.05) is 6.07 Å². The summed E-state index contributed by atoms with van der Waals surface area (Å²) in [6, 6.07) is 6.68. The first kappa shape index (κ1) is 14.9. The lowest BCUT2D eigenvalue weighted by Crippen LogP contribution is -2.32. The van der Waals surface area contributed by atoms with Gasteiger partial charge in [0, 0.05) is 10.5 Å². The molecule has 1 aliphatic carbocycles. The number of methoxy groups -OCH3 is 1. The van der Waals surface area contributed by atoms with Gasteiger partial charge in [0.1, 0.15) is 5.75 Å². The van der Waals surface area contributed by atoms with Crippen LogP contribution in [-0.2, 0) is 0 Å². The average Bonchev–Trinajstić information content (AvgIpc) is 2.72. The molecule has 2 atom stereocenters. The van der Waals surface area contributed by atoms with Crippen molar-refractivity contribution in [2.75, 3.05) is 14.2 Å². The van der Waals surface area contributed by atoms with E-state index in [-0.39, 0.29) is 0 Å². The van der Waals surface area contributed by atoms with Gasteiger partial charge >= 0.3 is 0 Å². The van der Waals surface area contributed by atoms with Crippen LogP contribution in [0, 0.1) is 11.3 Å². The molecule has 2 nitrogen and oxygen atoms in total. The summed E-state index contributed by atoms with van der Waals surface area (Å²) in [5.41, 5.74) is 1.75. The summed E-state index contributed by atoms with van der Waals surface area (Å²) < 4.78 is 6.41. The second kappa shape index (κ2) is 5.84. The molecule has 0 aliphatic heterocycles. The van der Waals surface area contributed by atoms with Crippen molar-refractivity contribution < 1.29 is 4.74 Å². The van der Waals surface area contributed by atoms with E-state index >= 15 is 0 Å². The molecule has 1 fully saturated rings. The third-order valence-electron chi connectivity index (χ3n) is 4.60. The zero-order valence-electron chi connectivity index (χ0n) is 12.3. The molecule has 3 heteroatoms. The highest BCUT2D eigenvalue weighted by molar-refractivity contribution is 9.10. The fourth-order valence-electron chi connectivity index (χ4n) is 3.43. The molecule has 1 saturated carbocycles. The molecule has 0 bridgehead atoms. The van der Waals surface area contributed by atoms with Crippen molar-refractivity contribution in [2.24, 2.45) is 11.3 Å². The Bertz CT molecular complexity index is 444. The van der Waals surface area contributed by atoms with Gasteiger partial charge in [0.05, 0.1) is 7.11 Å². The van der Waals surface area contributed by atoms with Gasteiger partial charge in [-0.2, -0.15) is 0 Å². The fraction of sp³-hybridized carbons (Fsp3) is 0.625. The Hall–Kier alpha value is -0.540. The number of hydrogen-bond donors (Lipinski definition) is 1. The minimum Gasteiger partial charge on any atom is -0.497 e. The van der Waals surface area contributed by atoms with E-state index in [0.717, 1.165) is 10.2 Å². The van der Waals surface area contributed by atoms with E-state index in [1.54, 1.807) is 7.11 Å². The minimum atomic E-state index is 0.401. The van der Waals surface area contributed by atoms with Crippen molar-refractivity contribution in [2.45, 2.75) is 39.2 Å². The number of rotatable bonds is 4. The molecule has 2 rings (SSSR count). The van der Waals surface area contributed by atoms with Crippen LogP contribution in [0.15, 0.2) is 22.7 Å². The molecule has 1 N–H and O–H groups in total. The minimum absolute atomic E-state index is 0.401. The van der Waals surface area contributed by atoms with Crippen molar-refractivity contribution in [3.05, 3.63) is 28.2 Å². The summed E-state index contributed by atoms with van der Waals surface area (Å²) in [5.74, 6) is 1.58. The maximum Gasteiger partial charge on any atom is 0.120 e. The molecule has 106 valence electrons. The van der Waals surface area contributed by atoms with E-state index in [0.29, 0.717) is 17.4 Å². The molecular weight excluding hydrogens is 302 g/mol. The van der Waals surface area contributed by atoms with E-state index in [9.17, 15) is 0 Å². The summed E-state index contributed by atoms with van der Waals surface area (Å²) >= 11 is 3.69. The summed E-state index contributed by atoms with van der Waals surface area (Å²) in [7, 11) is 3.77. The summed E-state index contributed by atoms with van der Waals surface area (Å²) in [6.07, 6.45) is 3.96. The predicted molar refractivity (Wildman–Crippen MR) is 83.6 cm³/mol. The van der Waals surface area contributed by atoms with E-state index in [4.69, 9.17) is 4.74 Å². The Kier molecular flexibility index (Phi) is 4.57. The van der Waals surface area contributed by atoms with Crippen molar-refractivity contribution in [1.29, 1.82) is 0 Å². The summed E-state index contributed by atoms with van der Waals surface area (Å²) in [6.45, 7) is 4.79. The van der Waals surface area contributed by atoms with Crippen LogP contribution in [-0.4, -0.2) is 14.2 Å². The highest BCUT2D eigenvalue weighted by atomic mass is 79.9. The number of ether oxygens (including phenoxy) is 1. The number of halogens is 1. The first-order valence-electron chi connectivity index (χ1n) is 7.00. The van der Waals surface area contributed by atoms with Crippen molar-refractivity contribution in [3.8, 4) is 5.75 Å². The molecule has 1 aliphatic rings. The van der Waals surface area contributed by atoms with Crippen molar-refractivity contribution >= 4 is 15.9 Å². The first-order valence-corrected chi connectivity index (χ1v) is 7.79. The van der Waals surface area contributed by atoms with Gasteiger partial charge < -0.3 is 10.1 Å². The van der Waals surface area contributed by atoms with Crippen LogP contribution in [0.3, 0.4) is 0 Å². The second-order valence-corrected chi connectivity index (χ2v) is 7.00. The molecule has 0 aromatic heterocycles. The van der Waals surface area contributed by atoms with Crippen LogP contribution in [0.2, 0.25) is 0 Å². The molecule has 0 heterocycles. The third-order valence-corrected chi connectivity index (χ3v) is 5.28. The molecule has 0 radical (unpaired) electrons. The van der Waals surface area contributed by atoms with Crippen LogP contribution in [0.4, 0.5) is 0 Å². The Morgan fingerprint density at radius 1 is 1.42 bits per heavy atom. The number of benzene rings is 1. The maximum atomic E-state index is 5.28. The Labute approximate surface area is 125 Å². The standard InChI is InChI=1S/C16H24BrNO/c1-16(2)9-5-6-13(16)15(18-3)12-8-7-11(19-4)10-14(12)17/h7-8,10,13,15,18H,5-6,9H2,1-4H3. The fourth-order valence-corrected chi connectivity index (χ4v) is 4.04. The average molecular weight is 326 g/mol. The van der Waals surface area contributed by atoms with Crippen LogP contribution in [0.1, 0.15) is 44.7 Å². The summed E-state index contributed by atoms with van der Waals surface area (Å²) in [5, 5.41) is 3.52. The molecule has 1 aromatic carbocycles. The molecule has 0 saturated heterocycles. The monoisotopic (exact) mass is 325 g/mol. The smallest absolute Gasteiger partial charge is 0.120 e. The zero-order valence-corrected chi connectivity index (χ0v) is 13.9. The van der Waals surface area contributed by atoms with Gasteiger partial charge in [-0.3, -0.25) is 0 Å². The topological polar surface area (TPSA) is 21.3 Å². The van der Waals surface area contributed by atoms with E-state index in [2.05, 4.69) is 54.3 Å². The van der Waals surface area contributed by atoms with E-state index < -0.39 is 0 Å². The van der Waals surface area contributed by atoms with E-state index in [1.165, 1.54) is 24.8 Å². The Morgan fingerprint density at radius 2 is 2.16 bits per heavy atom. The van der Waals surface area contributed by atoms with Gasteiger partial charge in [0.2, 0.25) is 0 Å². The largest absolute Gasteiger partial charge is 0.497 e. The first-order chi connectivity index (χ1) is 8.99. The molecule has 2 unspecified atom stereocenters. The molecule has 0 amide bonds. The van der Waals surface area contributed by atoms with Gasteiger partial charge in [0.25, 0.3) is 0 Å². The quantitative estimate of drug-likeness (QED) is 0.877. The van der Waals surface area contributed by atoms with Crippen LogP contribution in [0.25, 0.3) is 0 Å². The van der Waals surface area contributed by atoms with Gasteiger partial charge in [-0.25, -0.2) is 0 Å². The molecule has 1 aromatic rings. The van der Waals surface area contributed by atoms with Gasteiger partial charge in [-0.1, -0.05) is 42.3 Å².